The lowest BCUT2D eigenvalue weighted by Crippen LogP contribution is -2.40. The summed E-state index contributed by atoms with van der Waals surface area (Å²) in [6.07, 6.45) is 4.92. The number of nitrogens with two attached hydrogens (primary N) is 2. The molecule has 3 rings (SSSR count). The van der Waals surface area contributed by atoms with E-state index < -0.39 is 11.9 Å². The van der Waals surface area contributed by atoms with E-state index in [1.54, 1.807) is 6.07 Å². The van der Waals surface area contributed by atoms with Crippen molar-refractivity contribution in [2.45, 2.75) is 71.6 Å². The molecule has 3 amide bonds. The van der Waals surface area contributed by atoms with Crippen LogP contribution in [0.5, 0.6) is 0 Å². The summed E-state index contributed by atoms with van der Waals surface area (Å²) in [5.74, 6) is -0.440. The lowest BCUT2D eigenvalue weighted by Gasteiger charge is -2.22. The molecule has 8 nitrogen and oxygen atoms in total. The normalized spacial score (nSPS) is 14.8. The molecule has 1 heterocycles. The van der Waals surface area contributed by atoms with Crippen LogP contribution in [0.2, 0.25) is 0 Å². The Hall–Kier alpha value is -2.91. The second kappa shape index (κ2) is 11.5. The molecule has 0 unspecified atom stereocenters. The Morgan fingerprint density at radius 1 is 1.15 bits per heavy atom. The Kier molecular flexibility index (Phi) is 8.68. The highest BCUT2D eigenvalue weighted by Gasteiger charge is 2.26. The molecule has 1 saturated carbocycles. The van der Waals surface area contributed by atoms with Gasteiger partial charge in [0.2, 0.25) is 0 Å². The molecule has 0 spiro atoms. The highest BCUT2D eigenvalue weighted by atomic mass is 32.1. The van der Waals surface area contributed by atoms with Crippen LogP contribution in [0.4, 0.5) is 9.80 Å². The minimum atomic E-state index is -0.754. The van der Waals surface area contributed by atoms with Crippen molar-refractivity contribution in [2.24, 2.45) is 17.4 Å². The molecule has 0 bridgehead atoms. The number of hydrogen-bond acceptors (Lipinski definition) is 6. The monoisotopic (exact) mass is 486 g/mol. The number of primary amides is 2. The molecule has 1 aromatic heterocycles. The molecule has 0 saturated heterocycles. The minimum Gasteiger partial charge on any atom is -0.461 e. The molecular weight excluding hydrogens is 452 g/mol. The highest BCUT2D eigenvalue weighted by Crippen LogP contribution is 2.36. The Morgan fingerprint density at radius 3 is 2.44 bits per heavy atom. The SMILES string of the molecule is Cc1cc(-c2cc(C(N)=O)c(NC(N)=O)s2)ccc1CN[C@H](CC(C)C)C(=O)OC1CCCC1. The van der Waals surface area contributed by atoms with Gasteiger partial charge in [0.25, 0.3) is 5.91 Å². The van der Waals surface area contributed by atoms with Crippen LogP contribution in [0, 0.1) is 12.8 Å². The second-order valence-corrected chi connectivity index (χ2v) is 10.3. The molecule has 184 valence electrons. The third kappa shape index (κ3) is 6.80. The van der Waals surface area contributed by atoms with Crippen LogP contribution in [0.1, 0.15) is 67.4 Å². The van der Waals surface area contributed by atoms with Gasteiger partial charge in [0.05, 0.1) is 5.56 Å². The van der Waals surface area contributed by atoms with Gasteiger partial charge in [-0.25, -0.2) is 4.79 Å². The van der Waals surface area contributed by atoms with Crippen LogP contribution in [0.25, 0.3) is 10.4 Å². The van der Waals surface area contributed by atoms with Crippen molar-refractivity contribution in [3.63, 3.8) is 0 Å². The van der Waals surface area contributed by atoms with E-state index in [-0.39, 0.29) is 23.7 Å². The topological polar surface area (TPSA) is 137 Å². The molecule has 1 atom stereocenters. The quantitative estimate of drug-likeness (QED) is 0.371. The van der Waals surface area contributed by atoms with Crippen LogP contribution in [-0.2, 0) is 16.1 Å². The van der Waals surface area contributed by atoms with Gasteiger partial charge < -0.3 is 21.5 Å². The Bertz CT molecular complexity index is 1040. The number of carbonyl (C=O) groups is 3. The first-order valence-electron chi connectivity index (χ1n) is 11.7. The molecule has 0 aliphatic heterocycles. The van der Waals surface area contributed by atoms with Gasteiger partial charge in [-0.2, -0.15) is 0 Å². The summed E-state index contributed by atoms with van der Waals surface area (Å²) in [6, 6.07) is 6.51. The van der Waals surface area contributed by atoms with E-state index in [0.29, 0.717) is 23.9 Å². The van der Waals surface area contributed by atoms with Gasteiger partial charge in [-0.3, -0.25) is 14.9 Å². The first-order chi connectivity index (χ1) is 16.1. The number of amides is 3. The van der Waals surface area contributed by atoms with E-state index in [4.69, 9.17) is 16.2 Å². The number of thiophene rings is 1. The van der Waals surface area contributed by atoms with Gasteiger partial charge >= 0.3 is 12.0 Å². The summed E-state index contributed by atoms with van der Waals surface area (Å²) in [6.45, 7) is 6.73. The van der Waals surface area contributed by atoms with Crippen molar-refractivity contribution in [3.05, 3.63) is 41.0 Å². The van der Waals surface area contributed by atoms with Crippen LogP contribution in [-0.4, -0.2) is 30.1 Å². The summed E-state index contributed by atoms with van der Waals surface area (Å²) in [5, 5.41) is 6.18. The standard InChI is InChI=1S/C25H34N4O4S/c1-14(2)10-20(24(31)33-18-6-4-5-7-18)28-13-17-9-8-16(11-15(17)3)21-12-19(22(26)30)23(34-21)29-25(27)32/h8-9,11-12,14,18,20,28H,4-7,10,13H2,1-3H3,(H2,26,30)(H3,27,29,32)/t20-/m1/s1. The number of anilines is 1. The fourth-order valence-electron chi connectivity index (χ4n) is 4.19. The number of ether oxygens (including phenoxy) is 1. The predicted molar refractivity (Wildman–Crippen MR) is 135 cm³/mol. The number of urea groups is 1. The molecule has 6 N–H and O–H groups in total. The first-order valence-corrected chi connectivity index (χ1v) is 12.5. The maximum atomic E-state index is 12.8. The lowest BCUT2D eigenvalue weighted by molar-refractivity contribution is -0.151. The van der Waals surface area contributed by atoms with Gasteiger partial charge in [-0.15, -0.1) is 11.3 Å². The fourth-order valence-corrected chi connectivity index (χ4v) is 5.25. The number of benzene rings is 1. The van der Waals surface area contributed by atoms with E-state index in [0.717, 1.165) is 47.3 Å². The molecule has 34 heavy (non-hydrogen) atoms. The zero-order valence-corrected chi connectivity index (χ0v) is 20.8. The second-order valence-electron chi connectivity index (χ2n) is 9.25. The smallest absolute Gasteiger partial charge is 0.323 e. The molecule has 1 fully saturated rings. The summed E-state index contributed by atoms with van der Waals surface area (Å²) in [5.41, 5.74) is 13.9. The Balaban J connectivity index is 1.72. The fraction of sp³-hybridized carbons (Fsp3) is 0.480. The number of carbonyl (C=O) groups excluding carboxylic acids is 3. The summed E-state index contributed by atoms with van der Waals surface area (Å²) >= 11 is 1.24. The predicted octanol–water partition coefficient (Wildman–Crippen LogP) is 4.30. The molecule has 0 radical (unpaired) electrons. The van der Waals surface area contributed by atoms with Crippen LogP contribution in [0.3, 0.4) is 0 Å². The largest absolute Gasteiger partial charge is 0.461 e. The number of esters is 1. The Labute approximate surface area is 204 Å². The van der Waals surface area contributed by atoms with Crippen LogP contribution < -0.4 is 22.1 Å². The molecule has 1 aliphatic rings. The molecular formula is C25H34N4O4S. The Morgan fingerprint density at radius 2 is 1.85 bits per heavy atom. The number of aryl methyl sites for hydroxylation is 1. The summed E-state index contributed by atoms with van der Waals surface area (Å²) < 4.78 is 5.75. The van der Waals surface area contributed by atoms with Crippen molar-refractivity contribution >= 4 is 34.2 Å². The van der Waals surface area contributed by atoms with E-state index in [9.17, 15) is 14.4 Å². The first kappa shape index (κ1) is 25.7. The van der Waals surface area contributed by atoms with Crippen molar-refractivity contribution in [3.8, 4) is 10.4 Å². The zero-order valence-electron chi connectivity index (χ0n) is 20.0. The third-order valence-electron chi connectivity index (χ3n) is 5.98. The van der Waals surface area contributed by atoms with Crippen molar-refractivity contribution in [1.29, 1.82) is 0 Å². The average Bonchev–Trinajstić information content (AvgIpc) is 3.41. The number of hydrogen-bond donors (Lipinski definition) is 4. The molecule has 9 heteroatoms. The van der Waals surface area contributed by atoms with E-state index in [1.807, 2.05) is 25.1 Å². The van der Waals surface area contributed by atoms with Crippen molar-refractivity contribution in [1.82, 2.24) is 5.32 Å². The summed E-state index contributed by atoms with van der Waals surface area (Å²) in [4.78, 5) is 36.6. The van der Waals surface area contributed by atoms with Gasteiger partial charge in [0.15, 0.2) is 0 Å². The number of rotatable bonds is 10. The zero-order chi connectivity index (χ0) is 24.8. The van der Waals surface area contributed by atoms with Crippen LogP contribution in [0.15, 0.2) is 24.3 Å². The van der Waals surface area contributed by atoms with Crippen molar-refractivity contribution in [2.75, 3.05) is 5.32 Å². The summed E-state index contributed by atoms with van der Waals surface area (Å²) in [7, 11) is 0. The maximum Gasteiger partial charge on any atom is 0.323 e. The minimum absolute atomic E-state index is 0.0509. The van der Waals surface area contributed by atoms with Gasteiger partial charge in [-0.05, 0) is 67.7 Å². The van der Waals surface area contributed by atoms with E-state index in [1.165, 1.54) is 11.3 Å². The van der Waals surface area contributed by atoms with Crippen molar-refractivity contribution < 1.29 is 19.1 Å². The molecule has 1 aliphatic carbocycles. The van der Waals surface area contributed by atoms with Gasteiger partial charge in [-0.1, -0.05) is 32.0 Å². The third-order valence-corrected chi connectivity index (χ3v) is 7.08. The average molecular weight is 487 g/mol. The van der Waals surface area contributed by atoms with Gasteiger partial charge in [0.1, 0.15) is 17.1 Å². The highest BCUT2D eigenvalue weighted by molar-refractivity contribution is 7.20. The van der Waals surface area contributed by atoms with E-state index >= 15 is 0 Å². The molecule has 1 aromatic carbocycles. The lowest BCUT2D eigenvalue weighted by atomic mass is 10.0. The van der Waals surface area contributed by atoms with E-state index in [2.05, 4.69) is 24.5 Å². The molecule has 2 aromatic rings. The maximum absolute atomic E-state index is 12.8. The number of nitrogens with one attached hydrogen (secondary N) is 2. The van der Waals surface area contributed by atoms with Gasteiger partial charge in [0, 0.05) is 11.4 Å². The van der Waals surface area contributed by atoms with Crippen LogP contribution >= 0.6 is 11.3 Å².